The maximum atomic E-state index is 2.45. The van der Waals surface area contributed by atoms with Gasteiger partial charge in [-0.25, -0.2) is 0 Å². The van der Waals surface area contributed by atoms with Crippen molar-refractivity contribution in [1.82, 2.24) is 0 Å². The van der Waals surface area contributed by atoms with Gasteiger partial charge in [-0.2, -0.15) is 0 Å². The smallest absolute Gasteiger partial charge is 0.0465 e. The number of benzene rings is 8. The molecule has 2 nitrogen and oxygen atoms in total. The second-order valence-electron chi connectivity index (χ2n) is 17.2. The van der Waals surface area contributed by atoms with E-state index in [1.54, 1.807) is 0 Å². The summed E-state index contributed by atoms with van der Waals surface area (Å²) >= 11 is 0. The maximum absolute atomic E-state index is 2.45. The number of para-hydroxylation sites is 2. The van der Waals surface area contributed by atoms with Crippen LogP contribution in [0.4, 0.5) is 34.1 Å². The Balaban J connectivity index is 0.962. The van der Waals surface area contributed by atoms with Crippen LogP contribution in [-0.4, -0.2) is 0 Å². The first-order chi connectivity index (χ1) is 28.7. The number of aryl methyl sites for hydroxylation is 1. The Morgan fingerprint density at radius 1 is 0.322 bits per heavy atom. The van der Waals surface area contributed by atoms with Gasteiger partial charge in [0.15, 0.2) is 0 Å². The van der Waals surface area contributed by atoms with Crippen LogP contribution in [0.3, 0.4) is 0 Å². The molecule has 10 rings (SSSR count). The molecule has 0 heterocycles. The van der Waals surface area contributed by atoms with E-state index < -0.39 is 0 Å². The third-order valence-corrected chi connectivity index (χ3v) is 12.7. The molecule has 0 spiro atoms. The lowest BCUT2D eigenvalue weighted by molar-refractivity contribution is 0.660. The van der Waals surface area contributed by atoms with Gasteiger partial charge in [0, 0.05) is 45.0 Å². The summed E-state index contributed by atoms with van der Waals surface area (Å²) in [6.45, 7) is 11.7. The number of hydrogen-bond acceptors (Lipinski definition) is 2. The zero-order valence-electron chi connectivity index (χ0n) is 34.4. The topological polar surface area (TPSA) is 6.48 Å². The number of nitrogens with zero attached hydrogens (tertiary/aromatic N) is 2. The first-order valence-electron chi connectivity index (χ1n) is 20.8. The SMILES string of the molecule is Cc1cccc(N(c2ccc3c(c2)C(C)(C)c2ccccc2-3)c2ccc3c(c2)C(C)(C)c2cc(/C=C/c4ccc(N(c5ccccc5)c5ccccc5)cc4)ccc2-3)c1. The Morgan fingerprint density at radius 2 is 0.729 bits per heavy atom. The highest BCUT2D eigenvalue weighted by Crippen LogP contribution is 2.53. The molecule has 0 aromatic heterocycles. The lowest BCUT2D eigenvalue weighted by Gasteiger charge is -2.30. The lowest BCUT2D eigenvalue weighted by Crippen LogP contribution is -2.18. The van der Waals surface area contributed by atoms with Crippen LogP contribution in [-0.2, 0) is 10.8 Å². The van der Waals surface area contributed by atoms with Crippen molar-refractivity contribution >= 4 is 46.3 Å². The fourth-order valence-electron chi connectivity index (χ4n) is 9.56. The average Bonchev–Trinajstić information content (AvgIpc) is 3.63. The van der Waals surface area contributed by atoms with Crippen LogP contribution in [0.5, 0.6) is 0 Å². The van der Waals surface area contributed by atoms with Crippen molar-refractivity contribution < 1.29 is 0 Å². The zero-order valence-corrected chi connectivity index (χ0v) is 34.4. The second kappa shape index (κ2) is 14.2. The molecule has 2 aliphatic rings. The van der Waals surface area contributed by atoms with Crippen molar-refractivity contribution in [2.45, 2.75) is 45.4 Å². The van der Waals surface area contributed by atoms with Crippen molar-refractivity contribution in [3.8, 4) is 22.3 Å². The molecule has 0 atom stereocenters. The van der Waals surface area contributed by atoms with Gasteiger partial charge < -0.3 is 9.80 Å². The van der Waals surface area contributed by atoms with Crippen LogP contribution < -0.4 is 9.80 Å². The molecule has 0 unspecified atom stereocenters. The second-order valence-corrected chi connectivity index (χ2v) is 17.2. The van der Waals surface area contributed by atoms with E-state index in [0.29, 0.717) is 0 Å². The largest absolute Gasteiger partial charge is 0.311 e. The molecule has 8 aromatic carbocycles. The molecular formula is C57H48N2. The van der Waals surface area contributed by atoms with Crippen LogP contribution in [0, 0.1) is 6.92 Å². The number of anilines is 6. The van der Waals surface area contributed by atoms with E-state index in [1.165, 1.54) is 72.7 Å². The predicted octanol–water partition coefficient (Wildman–Crippen LogP) is 15.7. The minimum Gasteiger partial charge on any atom is -0.311 e. The molecule has 0 fully saturated rings. The monoisotopic (exact) mass is 760 g/mol. The fourth-order valence-corrected chi connectivity index (χ4v) is 9.56. The molecular weight excluding hydrogens is 713 g/mol. The van der Waals surface area contributed by atoms with Crippen LogP contribution in [0.25, 0.3) is 34.4 Å². The molecule has 59 heavy (non-hydrogen) atoms. The molecule has 2 heteroatoms. The van der Waals surface area contributed by atoms with Gasteiger partial charge in [-0.05, 0) is 141 Å². The molecule has 0 saturated carbocycles. The highest BCUT2D eigenvalue weighted by Gasteiger charge is 2.38. The number of fused-ring (bicyclic) bond motifs is 6. The molecule has 0 bridgehead atoms. The normalized spacial score (nSPS) is 14.1. The van der Waals surface area contributed by atoms with Gasteiger partial charge in [0.25, 0.3) is 0 Å². The first kappa shape index (κ1) is 36.4. The highest BCUT2D eigenvalue weighted by atomic mass is 15.1. The quantitative estimate of drug-likeness (QED) is 0.142. The van der Waals surface area contributed by atoms with Crippen LogP contribution in [0.15, 0.2) is 188 Å². The van der Waals surface area contributed by atoms with Gasteiger partial charge in [-0.1, -0.05) is 155 Å². The van der Waals surface area contributed by atoms with Crippen LogP contribution in [0.2, 0.25) is 0 Å². The van der Waals surface area contributed by atoms with E-state index in [-0.39, 0.29) is 10.8 Å². The Kier molecular flexibility index (Phi) is 8.76. The Labute approximate surface area is 349 Å². The van der Waals surface area contributed by atoms with Crippen molar-refractivity contribution in [1.29, 1.82) is 0 Å². The summed E-state index contributed by atoms with van der Waals surface area (Å²) < 4.78 is 0. The molecule has 0 radical (unpaired) electrons. The van der Waals surface area contributed by atoms with Crippen molar-refractivity contribution in [3.05, 3.63) is 227 Å². The van der Waals surface area contributed by atoms with E-state index in [0.717, 1.165) is 22.6 Å². The molecule has 8 aromatic rings. The van der Waals surface area contributed by atoms with E-state index in [4.69, 9.17) is 0 Å². The summed E-state index contributed by atoms with van der Waals surface area (Å²) in [6, 6.07) is 68.9. The van der Waals surface area contributed by atoms with Gasteiger partial charge in [0.2, 0.25) is 0 Å². The minimum absolute atomic E-state index is 0.0800. The van der Waals surface area contributed by atoms with Gasteiger partial charge in [0.05, 0.1) is 0 Å². The first-order valence-corrected chi connectivity index (χ1v) is 20.8. The van der Waals surface area contributed by atoms with Gasteiger partial charge in [-0.3, -0.25) is 0 Å². The van der Waals surface area contributed by atoms with Gasteiger partial charge >= 0.3 is 0 Å². The van der Waals surface area contributed by atoms with Gasteiger partial charge in [-0.15, -0.1) is 0 Å². The van der Waals surface area contributed by atoms with Gasteiger partial charge in [0.1, 0.15) is 0 Å². The fraction of sp³-hybridized carbons (Fsp3) is 0.123. The molecule has 0 amide bonds. The van der Waals surface area contributed by atoms with Crippen molar-refractivity contribution in [3.63, 3.8) is 0 Å². The molecule has 286 valence electrons. The van der Waals surface area contributed by atoms with Crippen LogP contribution in [0.1, 0.15) is 66.6 Å². The number of rotatable bonds is 8. The van der Waals surface area contributed by atoms with E-state index in [9.17, 15) is 0 Å². The third-order valence-electron chi connectivity index (χ3n) is 12.7. The molecule has 0 aliphatic heterocycles. The summed E-state index contributed by atoms with van der Waals surface area (Å²) in [4.78, 5) is 4.74. The van der Waals surface area contributed by atoms with Crippen LogP contribution >= 0.6 is 0 Å². The Bertz CT molecular complexity index is 2840. The summed E-state index contributed by atoms with van der Waals surface area (Å²) in [5, 5.41) is 0. The highest BCUT2D eigenvalue weighted by molar-refractivity contribution is 5.89. The van der Waals surface area contributed by atoms with Crippen molar-refractivity contribution in [2.75, 3.05) is 9.80 Å². The molecule has 2 aliphatic carbocycles. The standard InChI is InChI=1S/C57H48N2/c1-39-15-14-20-45(35-39)59(46-30-33-50-48-21-12-13-22-52(48)56(2,3)54(50)37-46)47-31-34-51-49-32-27-41(36-53(49)57(4,5)55(51)38-47)24-23-40-25-28-44(29-26-40)58(42-16-8-6-9-17-42)43-18-10-7-11-19-43/h6-38H,1-5H3/b24-23+. The maximum Gasteiger partial charge on any atom is 0.0465 e. The Hall–Kier alpha value is -6.90. The van der Waals surface area contributed by atoms with E-state index >= 15 is 0 Å². The Morgan fingerprint density at radius 3 is 1.34 bits per heavy atom. The van der Waals surface area contributed by atoms with E-state index in [1.807, 2.05) is 0 Å². The minimum atomic E-state index is -0.176. The average molecular weight is 761 g/mol. The molecule has 0 saturated heterocycles. The zero-order chi connectivity index (χ0) is 40.3. The summed E-state index contributed by atoms with van der Waals surface area (Å²) in [5.41, 5.74) is 21.1. The molecule has 0 N–H and O–H groups in total. The summed E-state index contributed by atoms with van der Waals surface area (Å²) in [5.74, 6) is 0. The van der Waals surface area contributed by atoms with E-state index in [2.05, 4.69) is 245 Å². The summed E-state index contributed by atoms with van der Waals surface area (Å²) in [6.07, 6.45) is 4.48. The summed E-state index contributed by atoms with van der Waals surface area (Å²) in [7, 11) is 0. The third kappa shape index (κ3) is 6.28. The number of hydrogen-bond donors (Lipinski definition) is 0. The lowest BCUT2D eigenvalue weighted by atomic mass is 9.81. The van der Waals surface area contributed by atoms with Crippen molar-refractivity contribution in [2.24, 2.45) is 0 Å². The predicted molar refractivity (Wildman–Crippen MR) is 251 cm³/mol.